The largest absolute Gasteiger partial charge is 0.416 e. The Morgan fingerprint density at radius 3 is 2.62 bits per heavy atom. The lowest BCUT2D eigenvalue weighted by atomic mass is 10.0. The van der Waals surface area contributed by atoms with Crippen molar-refractivity contribution in [2.45, 2.75) is 18.5 Å². The van der Waals surface area contributed by atoms with Gasteiger partial charge in [-0.3, -0.25) is 14.0 Å². The van der Waals surface area contributed by atoms with E-state index in [1.54, 1.807) is 15.4 Å². The van der Waals surface area contributed by atoms with Gasteiger partial charge in [-0.1, -0.05) is 12.6 Å². The third kappa shape index (κ3) is 4.90. The van der Waals surface area contributed by atoms with Crippen LogP contribution in [0.4, 0.5) is 29.3 Å². The van der Waals surface area contributed by atoms with Crippen LogP contribution in [-0.2, 0) is 11.0 Å². The Balaban J connectivity index is 1.46. The molecule has 3 N–H and O–H groups in total. The Labute approximate surface area is 219 Å². The Bertz CT molecular complexity index is 1620. The Morgan fingerprint density at radius 2 is 1.90 bits per heavy atom. The number of likely N-dealkylation sites (tertiary alicyclic amines) is 1. The van der Waals surface area contributed by atoms with Crippen LogP contribution < -0.4 is 11.1 Å². The van der Waals surface area contributed by atoms with E-state index in [1.165, 1.54) is 24.4 Å². The molecule has 1 aliphatic rings. The molecule has 4 heterocycles. The number of alkyl halides is 3. The van der Waals surface area contributed by atoms with Crippen LogP contribution in [0, 0.1) is 5.82 Å². The maximum atomic E-state index is 15.1. The minimum absolute atomic E-state index is 0.102. The summed E-state index contributed by atoms with van der Waals surface area (Å²) in [6, 6.07) is 6.87. The molecule has 3 aromatic heterocycles. The van der Waals surface area contributed by atoms with Crippen molar-refractivity contribution in [2.24, 2.45) is 0 Å². The zero-order chi connectivity index (χ0) is 27.9. The number of halogens is 4. The number of nitrogens with two attached hydrogens (primary N) is 1. The highest BCUT2D eigenvalue weighted by Gasteiger charge is 2.32. The molecule has 0 bridgehead atoms. The summed E-state index contributed by atoms with van der Waals surface area (Å²) in [4.78, 5) is 38.9. The number of aromatic nitrogens is 4. The zero-order valence-corrected chi connectivity index (χ0v) is 20.2. The topological polar surface area (TPSA) is 119 Å². The number of pyridine rings is 1. The fraction of sp³-hybridized carbons (Fsp3) is 0.192. The lowest BCUT2D eigenvalue weighted by Crippen LogP contribution is -2.26. The van der Waals surface area contributed by atoms with Crippen molar-refractivity contribution in [1.82, 2.24) is 24.3 Å². The average molecular weight is 539 g/mol. The van der Waals surface area contributed by atoms with Crippen molar-refractivity contribution in [3.8, 4) is 11.4 Å². The van der Waals surface area contributed by atoms with Gasteiger partial charge in [-0.15, -0.1) is 0 Å². The smallest absolute Gasteiger partial charge is 0.369 e. The summed E-state index contributed by atoms with van der Waals surface area (Å²) in [6.45, 7) is 4.48. The molecule has 0 spiro atoms. The van der Waals surface area contributed by atoms with E-state index in [0.29, 0.717) is 42.4 Å². The van der Waals surface area contributed by atoms with Gasteiger partial charge in [-0.2, -0.15) is 13.2 Å². The quantitative estimate of drug-likeness (QED) is 0.289. The minimum atomic E-state index is -4.63. The van der Waals surface area contributed by atoms with E-state index in [1.807, 2.05) is 0 Å². The van der Waals surface area contributed by atoms with Crippen LogP contribution in [-0.4, -0.2) is 49.2 Å². The zero-order valence-electron chi connectivity index (χ0n) is 20.2. The molecule has 200 valence electrons. The van der Waals surface area contributed by atoms with Crippen molar-refractivity contribution in [3.63, 3.8) is 0 Å². The summed E-state index contributed by atoms with van der Waals surface area (Å²) >= 11 is 0. The van der Waals surface area contributed by atoms with Crippen molar-refractivity contribution < 1.29 is 27.2 Å². The second kappa shape index (κ2) is 9.82. The predicted molar refractivity (Wildman–Crippen MR) is 134 cm³/mol. The van der Waals surface area contributed by atoms with Gasteiger partial charge in [0.25, 0.3) is 5.91 Å². The lowest BCUT2D eigenvalue weighted by Gasteiger charge is -2.13. The second-order valence-corrected chi connectivity index (χ2v) is 8.89. The number of carbonyl (C=O) groups excluding carboxylic acids is 2. The molecule has 1 atom stereocenters. The van der Waals surface area contributed by atoms with Crippen molar-refractivity contribution in [1.29, 1.82) is 0 Å². The summed E-state index contributed by atoms with van der Waals surface area (Å²) in [5.41, 5.74) is 6.33. The fourth-order valence-electron chi connectivity index (χ4n) is 4.59. The summed E-state index contributed by atoms with van der Waals surface area (Å²) < 4.78 is 55.6. The molecule has 1 unspecified atom stereocenters. The van der Waals surface area contributed by atoms with Gasteiger partial charge in [0.05, 0.1) is 22.3 Å². The first-order chi connectivity index (χ1) is 18.6. The minimum Gasteiger partial charge on any atom is -0.369 e. The fourth-order valence-corrected chi connectivity index (χ4v) is 4.59. The molecule has 1 aliphatic heterocycles. The first kappa shape index (κ1) is 25.8. The molecule has 1 fully saturated rings. The van der Waals surface area contributed by atoms with Gasteiger partial charge in [0.1, 0.15) is 17.5 Å². The normalized spacial score (nSPS) is 15.5. The van der Waals surface area contributed by atoms with E-state index < -0.39 is 29.0 Å². The SMILES string of the molecule is C=CC(=O)N1CCC(c2nc(-c3ccc(C(=O)Nc4cc(C(F)(F)F)ccn4)c(F)c3)n3c(N)nccc23)C1. The maximum absolute atomic E-state index is 15.1. The van der Waals surface area contributed by atoms with Gasteiger partial charge in [0, 0.05) is 37.0 Å². The second-order valence-electron chi connectivity index (χ2n) is 8.89. The molecule has 0 radical (unpaired) electrons. The summed E-state index contributed by atoms with van der Waals surface area (Å²) in [7, 11) is 0. The molecule has 0 saturated carbocycles. The molecule has 39 heavy (non-hydrogen) atoms. The summed E-state index contributed by atoms with van der Waals surface area (Å²) in [6.07, 6.45) is -0.295. The van der Waals surface area contributed by atoms with Crippen molar-refractivity contribution in [2.75, 3.05) is 24.1 Å². The standard InChI is InChI=1S/C26H21F4N7O2/c1-2-21(38)36-10-7-15(13-36)22-19-6-9-33-25(31)37(19)23(35-22)14-3-4-17(18(27)11-14)24(39)34-20-12-16(5-8-32-20)26(28,29)30/h2-6,8-9,11-12,15H,1,7,10,13H2,(H2,31,33)(H,32,34,39). The molecule has 13 heteroatoms. The van der Waals surface area contributed by atoms with Crippen molar-refractivity contribution in [3.05, 3.63) is 84.1 Å². The van der Waals surface area contributed by atoms with Crippen LogP contribution in [0.5, 0.6) is 0 Å². The van der Waals surface area contributed by atoms with Gasteiger partial charge in [-0.25, -0.2) is 19.3 Å². The molecular formula is C26H21F4N7O2. The number of benzene rings is 1. The number of hydrogen-bond acceptors (Lipinski definition) is 6. The van der Waals surface area contributed by atoms with Gasteiger partial charge < -0.3 is 16.0 Å². The van der Waals surface area contributed by atoms with Crippen LogP contribution in [0.1, 0.15) is 34.0 Å². The van der Waals surface area contributed by atoms with E-state index in [9.17, 15) is 22.8 Å². The van der Waals surface area contributed by atoms with Gasteiger partial charge >= 0.3 is 6.18 Å². The molecular weight excluding hydrogens is 518 g/mol. The first-order valence-electron chi connectivity index (χ1n) is 11.8. The number of nitrogens with zero attached hydrogens (tertiary/aromatic N) is 5. The monoisotopic (exact) mass is 539 g/mol. The maximum Gasteiger partial charge on any atom is 0.416 e. The van der Waals surface area contributed by atoms with Gasteiger partial charge in [0.15, 0.2) is 0 Å². The molecule has 4 aromatic rings. The molecule has 2 amide bonds. The van der Waals surface area contributed by atoms with Crippen LogP contribution in [0.15, 0.2) is 61.4 Å². The lowest BCUT2D eigenvalue weighted by molar-refractivity contribution is -0.137. The van der Waals surface area contributed by atoms with Gasteiger partial charge in [-0.05, 0) is 42.8 Å². The highest BCUT2D eigenvalue weighted by Crippen LogP contribution is 2.34. The van der Waals surface area contributed by atoms with E-state index >= 15 is 4.39 Å². The number of amides is 2. The highest BCUT2D eigenvalue weighted by molar-refractivity contribution is 6.04. The summed E-state index contributed by atoms with van der Waals surface area (Å²) in [5, 5.41) is 2.19. The number of hydrogen-bond donors (Lipinski definition) is 2. The number of anilines is 2. The Hall–Kier alpha value is -4.81. The van der Waals surface area contributed by atoms with Crippen LogP contribution in [0.2, 0.25) is 0 Å². The third-order valence-electron chi connectivity index (χ3n) is 6.47. The number of nitrogens with one attached hydrogen (secondary N) is 1. The first-order valence-corrected chi connectivity index (χ1v) is 11.8. The van der Waals surface area contributed by atoms with Crippen LogP contribution in [0.25, 0.3) is 16.9 Å². The molecule has 1 saturated heterocycles. The van der Waals surface area contributed by atoms with Crippen LogP contribution in [0.3, 0.4) is 0 Å². The molecule has 9 nitrogen and oxygen atoms in total. The Morgan fingerprint density at radius 1 is 1.13 bits per heavy atom. The van der Waals surface area contributed by atoms with E-state index in [4.69, 9.17) is 10.7 Å². The average Bonchev–Trinajstić information content (AvgIpc) is 3.54. The highest BCUT2D eigenvalue weighted by atomic mass is 19.4. The van der Waals surface area contributed by atoms with Gasteiger partial charge in [0.2, 0.25) is 11.9 Å². The van der Waals surface area contributed by atoms with E-state index in [0.717, 1.165) is 18.3 Å². The third-order valence-corrected chi connectivity index (χ3v) is 6.47. The number of fused-ring (bicyclic) bond motifs is 1. The Kier molecular flexibility index (Phi) is 6.50. The molecule has 1 aromatic carbocycles. The molecule has 0 aliphatic carbocycles. The van der Waals surface area contributed by atoms with E-state index in [2.05, 4.69) is 21.9 Å². The number of nitrogen functional groups attached to an aromatic ring is 1. The van der Waals surface area contributed by atoms with Crippen molar-refractivity contribution >= 4 is 29.1 Å². The number of rotatable bonds is 5. The number of imidazole rings is 1. The molecule has 5 rings (SSSR count). The van der Waals surface area contributed by atoms with E-state index in [-0.39, 0.29) is 29.4 Å². The predicted octanol–water partition coefficient (Wildman–Crippen LogP) is 4.29. The number of carbonyl (C=O) groups is 2. The summed E-state index contributed by atoms with van der Waals surface area (Å²) in [5.74, 6) is -2.17. The van der Waals surface area contributed by atoms with Crippen LogP contribution >= 0.6 is 0 Å².